The van der Waals surface area contributed by atoms with Crippen LogP contribution in [0, 0.1) is 6.92 Å². The lowest BCUT2D eigenvalue weighted by atomic mass is 10.1. The zero-order chi connectivity index (χ0) is 19.0. The molecule has 1 aromatic carbocycles. The van der Waals surface area contributed by atoms with Crippen LogP contribution in [0.4, 0.5) is 11.9 Å². The number of hydrogen-bond acceptors (Lipinski definition) is 8. The van der Waals surface area contributed by atoms with E-state index in [2.05, 4.69) is 15.0 Å². The predicted octanol–water partition coefficient (Wildman–Crippen LogP) is 2.03. The Kier molecular flexibility index (Phi) is 4.64. The molecule has 0 atom stereocenters. The molecule has 9 nitrogen and oxygen atoms in total. The Bertz CT molecular complexity index is 988. The van der Waals surface area contributed by atoms with Crippen LogP contribution >= 0.6 is 11.6 Å². The molecule has 0 amide bonds. The van der Waals surface area contributed by atoms with Crippen LogP contribution in [-0.4, -0.2) is 40.8 Å². The van der Waals surface area contributed by atoms with E-state index in [1.165, 1.54) is 0 Å². The molecule has 3 aromatic rings. The van der Waals surface area contributed by atoms with Crippen LogP contribution in [0.1, 0.15) is 11.1 Å². The van der Waals surface area contributed by atoms with E-state index in [1.807, 2.05) is 13.0 Å². The number of methoxy groups -OCH3 is 3. The summed E-state index contributed by atoms with van der Waals surface area (Å²) in [6.45, 7) is 2.28. The topological polar surface area (TPSA) is 123 Å². The number of hydrogen-bond donors (Lipinski definition) is 2. The van der Waals surface area contributed by atoms with Gasteiger partial charge in [-0.05, 0) is 18.6 Å². The number of nitrogens with two attached hydrogens (primary N) is 2. The van der Waals surface area contributed by atoms with Crippen molar-refractivity contribution in [2.75, 3.05) is 32.8 Å². The highest BCUT2D eigenvalue weighted by Crippen LogP contribution is 2.42. The van der Waals surface area contributed by atoms with Gasteiger partial charge in [-0.25, -0.2) is 4.98 Å². The number of rotatable bonds is 5. The fraction of sp³-hybridized carbons (Fsp3) is 0.312. The smallest absolute Gasteiger partial charge is 0.223 e. The summed E-state index contributed by atoms with van der Waals surface area (Å²) in [5.41, 5.74) is 14.4. The van der Waals surface area contributed by atoms with Gasteiger partial charge < -0.3 is 25.7 Å². The van der Waals surface area contributed by atoms with Gasteiger partial charge in [0.15, 0.2) is 22.3 Å². The first kappa shape index (κ1) is 17.9. The quantitative estimate of drug-likeness (QED) is 0.646. The van der Waals surface area contributed by atoms with Crippen molar-refractivity contribution in [2.45, 2.75) is 13.5 Å². The first-order valence-corrected chi connectivity index (χ1v) is 8.02. The minimum Gasteiger partial charge on any atom is -0.493 e. The van der Waals surface area contributed by atoms with E-state index in [1.54, 1.807) is 25.9 Å². The van der Waals surface area contributed by atoms with Crippen LogP contribution in [0.15, 0.2) is 6.07 Å². The number of halogens is 1. The number of nitrogens with zero attached hydrogens (tertiary/aromatic N) is 4. The first-order chi connectivity index (χ1) is 12.4. The minimum atomic E-state index is 0.0465. The largest absolute Gasteiger partial charge is 0.493 e. The number of anilines is 2. The summed E-state index contributed by atoms with van der Waals surface area (Å²) in [6, 6.07) is 1.86. The minimum absolute atomic E-state index is 0.0465. The second-order valence-corrected chi connectivity index (χ2v) is 5.89. The van der Waals surface area contributed by atoms with Crippen molar-refractivity contribution in [1.29, 1.82) is 0 Å². The molecule has 3 rings (SSSR count). The van der Waals surface area contributed by atoms with Crippen LogP contribution in [0.2, 0.25) is 5.15 Å². The van der Waals surface area contributed by atoms with E-state index < -0.39 is 0 Å². The lowest BCUT2D eigenvalue weighted by Crippen LogP contribution is -2.09. The predicted molar refractivity (Wildman–Crippen MR) is 99.1 cm³/mol. The van der Waals surface area contributed by atoms with E-state index in [-0.39, 0.29) is 17.0 Å². The molecule has 0 aliphatic heterocycles. The maximum absolute atomic E-state index is 6.10. The molecular formula is C16H19ClN6O3. The Morgan fingerprint density at radius 1 is 1.04 bits per heavy atom. The molecule has 0 spiro atoms. The Labute approximate surface area is 154 Å². The molecule has 10 heteroatoms. The van der Waals surface area contributed by atoms with E-state index in [9.17, 15) is 0 Å². The SMILES string of the molecule is COc1cc(Cn2c(N)nc3c(Cl)nc(N)nc32)c(C)c(OC)c1OC. The van der Waals surface area contributed by atoms with Crippen molar-refractivity contribution >= 4 is 34.7 Å². The molecule has 4 N–H and O–H groups in total. The second kappa shape index (κ2) is 6.75. The third-order valence-corrected chi connectivity index (χ3v) is 4.38. The Morgan fingerprint density at radius 3 is 2.35 bits per heavy atom. The van der Waals surface area contributed by atoms with Crippen molar-refractivity contribution < 1.29 is 14.2 Å². The molecule has 0 saturated heterocycles. The summed E-state index contributed by atoms with van der Waals surface area (Å²) in [5, 5.41) is 0.152. The lowest BCUT2D eigenvalue weighted by molar-refractivity contribution is 0.322. The average molecular weight is 379 g/mol. The summed E-state index contributed by atoms with van der Waals surface area (Å²) in [4.78, 5) is 12.4. The van der Waals surface area contributed by atoms with E-state index >= 15 is 0 Å². The highest BCUT2D eigenvalue weighted by atomic mass is 35.5. The average Bonchev–Trinajstić information content (AvgIpc) is 2.92. The molecule has 2 aromatic heterocycles. The normalized spacial score (nSPS) is 11.0. The molecule has 0 bridgehead atoms. The fourth-order valence-corrected chi connectivity index (χ4v) is 3.05. The van der Waals surface area contributed by atoms with Gasteiger partial charge >= 0.3 is 0 Å². The summed E-state index contributed by atoms with van der Waals surface area (Å²) in [7, 11) is 4.69. The lowest BCUT2D eigenvalue weighted by Gasteiger charge is -2.18. The number of ether oxygens (including phenoxy) is 3. The summed E-state index contributed by atoms with van der Waals surface area (Å²) < 4.78 is 18.0. The van der Waals surface area contributed by atoms with Crippen LogP contribution < -0.4 is 25.7 Å². The molecule has 0 aliphatic rings. The zero-order valence-electron chi connectivity index (χ0n) is 14.8. The van der Waals surface area contributed by atoms with Crippen molar-refractivity contribution in [2.24, 2.45) is 0 Å². The van der Waals surface area contributed by atoms with E-state index in [4.69, 9.17) is 37.3 Å². The van der Waals surface area contributed by atoms with Crippen molar-refractivity contribution in [1.82, 2.24) is 19.5 Å². The van der Waals surface area contributed by atoms with Crippen molar-refractivity contribution in [3.05, 3.63) is 22.3 Å². The van der Waals surface area contributed by atoms with Crippen LogP contribution in [0.5, 0.6) is 17.2 Å². The second-order valence-electron chi connectivity index (χ2n) is 5.53. The number of benzene rings is 1. The summed E-state index contributed by atoms with van der Waals surface area (Å²) in [6.07, 6.45) is 0. The maximum Gasteiger partial charge on any atom is 0.223 e. The van der Waals surface area contributed by atoms with Crippen molar-refractivity contribution in [3.8, 4) is 17.2 Å². The van der Waals surface area contributed by atoms with Gasteiger partial charge in [-0.15, -0.1) is 0 Å². The van der Waals surface area contributed by atoms with Gasteiger partial charge in [-0.1, -0.05) is 11.6 Å². The van der Waals surface area contributed by atoms with Crippen LogP contribution in [0.25, 0.3) is 11.2 Å². The number of aromatic nitrogens is 4. The molecule has 0 saturated carbocycles. The van der Waals surface area contributed by atoms with Gasteiger partial charge in [-0.3, -0.25) is 4.57 Å². The maximum atomic E-state index is 6.10. The Morgan fingerprint density at radius 2 is 1.73 bits per heavy atom. The molecule has 26 heavy (non-hydrogen) atoms. The summed E-state index contributed by atoms with van der Waals surface area (Å²) >= 11 is 6.10. The van der Waals surface area contributed by atoms with Gasteiger partial charge in [0, 0.05) is 5.56 Å². The highest BCUT2D eigenvalue weighted by molar-refractivity contribution is 6.33. The Hall–Kier alpha value is -2.94. The molecule has 0 aliphatic carbocycles. The third-order valence-electron chi connectivity index (χ3n) is 4.11. The number of nitrogen functional groups attached to an aromatic ring is 2. The molecule has 0 radical (unpaired) electrons. The number of fused-ring (bicyclic) bond motifs is 1. The first-order valence-electron chi connectivity index (χ1n) is 7.64. The zero-order valence-corrected chi connectivity index (χ0v) is 15.6. The molecule has 2 heterocycles. The van der Waals surface area contributed by atoms with Gasteiger partial charge in [0.2, 0.25) is 17.6 Å². The standard InChI is InChI=1S/C16H19ClN6O3/c1-7-8(5-9(24-2)12(26-4)11(7)25-3)6-23-14-10(20-16(23)19)13(17)21-15(18)22-14/h5H,6H2,1-4H3,(H2,19,20)(H2,18,21,22). The Balaban J connectivity index is 2.18. The van der Waals surface area contributed by atoms with Gasteiger partial charge in [-0.2, -0.15) is 9.97 Å². The molecule has 0 fully saturated rings. The van der Waals surface area contributed by atoms with E-state index in [0.29, 0.717) is 35.0 Å². The van der Waals surface area contributed by atoms with Gasteiger partial charge in [0.05, 0.1) is 27.9 Å². The number of imidazole rings is 1. The third kappa shape index (κ3) is 2.80. The molecule has 0 unspecified atom stereocenters. The molecule has 138 valence electrons. The van der Waals surface area contributed by atoms with Gasteiger partial charge in [0.1, 0.15) is 5.52 Å². The monoisotopic (exact) mass is 378 g/mol. The van der Waals surface area contributed by atoms with Crippen LogP contribution in [-0.2, 0) is 6.54 Å². The highest BCUT2D eigenvalue weighted by Gasteiger charge is 2.20. The van der Waals surface area contributed by atoms with Crippen LogP contribution in [0.3, 0.4) is 0 Å². The fourth-order valence-electron chi connectivity index (χ4n) is 2.84. The van der Waals surface area contributed by atoms with Crippen molar-refractivity contribution in [3.63, 3.8) is 0 Å². The summed E-state index contributed by atoms with van der Waals surface area (Å²) in [5.74, 6) is 1.94. The van der Waals surface area contributed by atoms with Gasteiger partial charge in [0.25, 0.3) is 0 Å². The van der Waals surface area contributed by atoms with E-state index in [0.717, 1.165) is 11.1 Å². The molecular weight excluding hydrogens is 360 g/mol.